The first-order valence-electron chi connectivity index (χ1n) is 19.9. The van der Waals surface area contributed by atoms with Gasteiger partial charge in [0.1, 0.15) is 0 Å². The van der Waals surface area contributed by atoms with Crippen LogP contribution in [0.4, 0.5) is 17.1 Å². The van der Waals surface area contributed by atoms with Gasteiger partial charge in [0.15, 0.2) is 0 Å². The molecular formula is C55H38N2S2. The number of hydrogen-bond acceptors (Lipinski definition) is 3. The summed E-state index contributed by atoms with van der Waals surface area (Å²) < 4.78 is 6.29. The summed E-state index contributed by atoms with van der Waals surface area (Å²) in [5.41, 5.74) is 13.0. The molecule has 2 nitrogen and oxygen atoms in total. The van der Waals surface area contributed by atoms with Gasteiger partial charge in [-0.15, -0.1) is 22.7 Å². The minimum atomic E-state index is 1.10. The Balaban J connectivity index is 0.997. The molecule has 0 atom stereocenters. The Morgan fingerprint density at radius 1 is 0.458 bits per heavy atom. The SMILES string of the molecule is C=C/C=C\c1sc2cc(N(c3ccc(-c4ccc5c(c4)sc4ccccc45)cc3)c3ccc(-c4ccc5c6ccccc6n(-c6ccccc6)c5c4)cc3)ccc2c1C. The maximum absolute atomic E-state index is 3.89. The second kappa shape index (κ2) is 14.4. The predicted octanol–water partition coefficient (Wildman–Crippen LogP) is 16.7. The first kappa shape index (κ1) is 35.2. The standard InChI is InChI=1S/C55H38N2S2/c1-3-4-17-52-36(2)45-32-29-44(35-55(45)58-52)56(43-27-21-38(22-28-43)40-24-31-49-48-15-9-11-18-53(48)59-54(49)34-40)42-25-19-37(20-26-42)39-23-30-47-46-14-8-10-16-50(46)57(51(47)33-39)41-12-6-5-7-13-41/h3-35H,1H2,2H3/b17-4-. The molecule has 0 bridgehead atoms. The Bertz CT molecular complexity index is 3400. The number of hydrogen-bond donors (Lipinski definition) is 0. The van der Waals surface area contributed by atoms with Crippen LogP contribution in [0.3, 0.4) is 0 Å². The average Bonchev–Trinajstić information content (AvgIpc) is 3.94. The second-order valence-electron chi connectivity index (χ2n) is 15.0. The van der Waals surface area contributed by atoms with Crippen molar-refractivity contribution in [3.63, 3.8) is 0 Å². The summed E-state index contributed by atoms with van der Waals surface area (Å²) in [6, 6.07) is 66.8. The smallest absolute Gasteiger partial charge is 0.0547 e. The molecule has 0 spiro atoms. The lowest BCUT2D eigenvalue weighted by atomic mass is 10.0. The van der Waals surface area contributed by atoms with E-state index in [4.69, 9.17) is 0 Å². The number of rotatable bonds is 8. The Labute approximate surface area is 351 Å². The van der Waals surface area contributed by atoms with Crippen LogP contribution in [0.1, 0.15) is 10.4 Å². The number of fused-ring (bicyclic) bond motifs is 7. The fraction of sp³-hybridized carbons (Fsp3) is 0.0182. The van der Waals surface area contributed by atoms with Gasteiger partial charge in [-0.3, -0.25) is 0 Å². The minimum Gasteiger partial charge on any atom is -0.310 e. The van der Waals surface area contributed by atoms with Crippen LogP contribution < -0.4 is 4.90 Å². The van der Waals surface area contributed by atoms with Crippen molar-refractivity contribution in [2.45, 2.75) is 6.92 Å². The van der Waals surface area contributed by atoms with Gasteiger partial charge >= 0.3 is 0 Å². The number of nitrogens with zero attached hydrogens (tertiary/aromatic N) is 2. The van der Waals surface area contributed by atoms with Gasteiger partial charge in [0.2, 0.25) is 0 Å². The summed E-state index contributed by atoms with van der Waals surface area (Å²) in [5, 5.41) is 6.45. The normalized spacial score (nSPS) is 11.8. The monoisotopic (exact) mass is 790 g/mol. The van der Waals surface area contributed by atoms with Crippen LogP contribution in [0.25, 0.3) is 86.1 Å². The molecule has 0 aliphatic heterocycles. The van der Waals surface area contributed by atoms with E-state index in [2.05, 4.69) is 211 Å². The van der Waals surface area contributed by atoms with Crippen LogP contribution in [-0.2, 0) is 0 Å². The Morgan fingerprint density at radius 2 is 1.02 bits per heavy atom. The van der Waals surface area contributed by atoms with Gasteiger partial charge in [-0.2, -0.15) is 0 Å². The van der Waals surface area contributed by atoms with Crippen molar-refractivity contribution < 1.29 is 0 Å². The number of allylic oxidation sites excluding steroid dienone is 2. The van der Waals surface area contributed by atoms with Gasteiger partial charge in [0.05, 0.1) is 11.0 Å². The van der Waals surface area contributed by atoms with E-state index in [-0.39, 0.29) is 0 Å². The summed E-state index contributed by atoms with van der Waals surface area (Å²) in [5.74, 6) is 0. The highest BCUT2D eigenvalue weighted by atomic mass is 32.1. The third-order valence-corrected chi connectivity index (χ3v) is 13.9. The maximum Gasteiger partial charge on any atom is 0.0547 e. The predicted molar refractivity (Wildman–Crippen MR) is 259 cm³/mol. The first-order chi connectivity index (χ1) is 29.1. The fourth-order valence-electron chi connectivity index (χ4n) is 8.65. The zero-order valence-electron chi connectivity index (χ0n) is 32.5. The Morgan fingerprint density at radius 3 is 1.76 bits per heavy atom. The van der Waals surface area contributed by atoms with Gasteiger partial charge in [-0.05, 0) is 119 Å². The molecule has 11 rings (SSSR count). The molecule has 280 valence electrons. The Hall–Kier alpha value is -6.98. The van der Waals surface area contributed by atoms with Gasteiger partial charge in [0.25, 0.3) is 0 Å². The van der Waals surface area contributed by atoms with E-state index in [1.165, 1.54) is 84.8 Å². The molecule has 3 aromatic heterocycles. The van der Waals surface area contributed by atoms with Gasteiger partial charge in [-0.1, -0.05) is 128 Å². The van der Waals surface area contributed by atoms with Crippen molar-refractivity contribution in [1.82, 2.24) is 4.57 Å². The van der Waals surface area contributed by atoms with Crippen molar-refractivity contribution >= 4 is 97.9 Å². The van der Waals surface area contributed by atoms with Gasteiger partial charge in [0, 0.05) is 63.3 Å². The lowest BCUT2D eigenvalue weighted by Gasteiger charge is -2.26. The number of thiophene rings is 2. The zero-order chi connectivity index (χ0) is 39.5. The molecule has 3 heterocycles. The number of para-hydroxylation sites is 2. The van der Waals surface area contributed by atoms with Crippen LogP contribution in [-0.4, -0.2) is 4.57 Å². The molecule has 0 aliphatic rings. The van der Waals surface area contributed by atoms with Crippen LogP contribution in [0.2, 0.25) is 0 Å². The summed E-state index contributed by atoms with van der Waals surface area (Å²) in [6.07, 6.45) is 6.02. The molecule has 0 amide bonds. The van der Waals surface area contributed by atoms with E-state index < -0.39 is 0 Å². The molecule has 0 aliphatic carbocycles. The lowest BCUT2D eigenvalue weighted by molar-refractivity contribution is 1.18. The van der Waals surface area contributed by atoms with Crippen LogP contribution >= 0.6 is 22.7 Å². The summed E-state index contributed by atoms with van der Waals surface area (Å²) in [6.45, 7) is 6.10. The number of aromatic nitrogens is 1. The van der Waals surface area contributed by atoms with Crippen molar-refractivity contribution in [2.75, 3.05) is 4.90 Å². The molecular weight excluding hydrogens is 753 g/mol. The van der Waals surface area contributed by atoms with Gasteiger partial charge < -0.3 is 9.47 Å². The van der Waals surface area contributed by atoms with Crippen molar-refractivity contribution in [3.8, 4) is 27.9 Å². The topological polar surface area (TPSA) is 8.17 Å². The van der Waals surface area contributed by atoms with Crippen molar-refractivity contribution in [1.29, 1.82) is 0 Å². The van der Waals surface area contributed by atoms with Crippen LogP contribution in [0.5, 0.6) is 0 Å². The van der Waals surface area contributed by atoms with E-state index in [0.717, 1.165) is 22.7 Å². The molecule has 11 aromatic rings. The number of benzene rings is 8. The minimum absolute atomic E-state index is 1.10. The molecule has 8 aromatic carbocycles. The highest BCUT2D eigenvalue weighted by Gasteiger charge is 2.18. The van der Waals surface area contributed by atoms with E-state index in [1.54, 1.807) is 0 Å². The molecule has 0 fully saturated rings. The van der Waals surface area contributed by atoms with Crippen molar-refractivity contribution in [3.05, 3.63) is 211 Å². The lowest BCUT2D eigenvalue weighted by Crippen LogP contribution is -2.09. The van der Waals surface area contributed by atoms with E-state index in [1.807, 2.05) is 34.8 Å². The number of anilines is 3. The molecule has 0 saturated carbocycles. The summed E-state index contributed by atoms with van der Waals surface area (Å²) in [4.78, 5) is 3.64. The van der Waals surface area contributed by atoms with E-state index in [0.29, 0.717) is 0 Å². The third-order valence-electron chi connectivity index (χ3n) is 11.6. The highest BCUT2D eigenvalue weighted by Crippen LogP contribution is 2.42. The first-order valence-corrected chi connectivity index (χ1v) is 21.6. The summed E-state index contributed by atoms with van der Waals surface area (Å²) in [7, 11) is 0. The molecule has 0 saturated heterocycles. The molecule has 0 N–H and O–H groups in total. The maximum atomic E-state index is 3.89. The molecule has 0 radical (unpaired) electrons. The largest absolute Gasteiger partial charge is 0.310 e. The Kier molecular flexibility index (Phi) is 8.62. The van der Waals surface area contributed by atoms with Crippen LogP contribution in [0, 0.1) is 6.92 Å². The third kappa shape index (κ3) is 6.08. The quantitative estimate of drug-likeness (QED) is 0.139. The second-order valence-corrected chi connectivity index (χ2v) is 17.2. The average molecular weight is 791 g/mol. The van der Waals surface area contributed by atoms with Crippen LogP contribution in [0.15, 0.2) is 201 Å². The van der Waals surface area contributed by atoms with E-state index in [9.17, 15) is 0 Å². The zero-order valence-corrected chi connectivity index (χ0v) is 34.1. The van der Waals surface area contributed by atoms with E-state index >= 15 is 0 Å². The molecule has 59 heavy (non-hydrogen) atoms. The highest BCUT2D eigenvalue weighted by molar-refractivity contribution is 7.25. The fourth-order valence-corrected chi connectivity index (χ4v) is 11.0. The van der Waals surface area contributed by atoms with Crippen molar-refractivity contribution in [2.24, 2.45) is 0 Å². The summed E-state index contributed by atoms with van der Waals surface area (Å²) >= 11 is 3.69. The number of aryl methyl sites for hydroxylation is 1. The van der Waals surface area contributed by atoms with Gasteiger partial charge in [-0.25, -0.2) is 0 Å². The molecule has 0 unspecified atom stereocenters. The molecule has 4 heteroatoms.